The van der Waals surface area contributed by atoms with Gasteiger partial charge in [0.2, 0.25) is 0 Å². The lowest BCUT2D eigenvalue weighted by Gasteiger charge is -1.96. The molecule has 0 saturated heterocycles. The Morgan fingerprint density at radius 1 is 0.857 bits per heavy atom. The molecule has 0 atom stereocenters. The van der Waals surface area contributed by atoms with Gasteiger partial charge in [-0.25, -0.2) is 0 Å². The number of aryl methyl sites for hydroxylation is 2. The highest BCUT2D eigenvalue weighted by Crippen LogP contribution is 2.42. The Morgan fingerprint density at radius 3 is 1.43 bits per heavy atom. The summed E-state index contributed by atoms with van der Waals surface area (Å²) < 4.78 is 2.41. The average Bonchev–Trinajstić information content (AvgIpc) is 2.55. The maximum atomic E-state index is 3.52. The van der Waals surface area contributed by atoms with E-state index in [-0.39, 0.29) is 0 Å². The van der Waals surface area contributed by atoms with Gasteiger partial charge < -0.3 is 0 Å². The van der Waals surface area contributed by atoms with Gasteiger partial charge in [0.05, 0.1) is 7.57 Å². The summed E-state index contributed by atoms with van der Waals surface area (Å²) in [4.78, 5) is 2.76. The van der Waals surface area contributed by atoms with E-state index in [1.807, 2.05) is 0 Å². The summed E-state index contributed by atoms with van der Waals surface area (Å²) in [6, 6.07) is 4.35. The van der Waals surface area contributed by atoms with Crippen LogP contribution in [0.15, 0.2) is 19.7 Å². The van der Waals surface area contributed by atoms with Crippen molar-refractivity contribution in [2.45, 2.75) is 13.8 Å². The molecule has 4 heteroatoms. The third-order valence-corrected chi connectivity index (χ3v) is 5.63. The van der Waals surface area contributed by atoms with Crippen LogP contribution >= 0.6 is 54.5 Å². The maximum absolute atomic E-state index is 3.52. The fraction of sp³-hybridized carbons (Fsp3) is 0.200. The quantitative estimate of drug-likeness (QED) is 0.625. The summed E-state index contributed by atoms with van der Waals surface area (Å²) in [5.41, 5.74) is 2.69. The first-order chi connectivity index (χ1) is 6.58. The van der Waals surface area contributed by atoms with E-state index >= 15 is 0 Å². The summed E-state index contributed by atoms with van der Waals surface area (Å²) in [6.07, 6.45) is 0. The van der Waals surface area contributed by atoms with Crippen molar-refractivity contribution in [1.29, 1.82) is 0 Å². The highest BCUT2D eigenvalue weighted by atomic mass is 79.9. The molecule has 0 aliphatic rings. The maximum Gasteiger partial charge on any atom is 0.0708 e. The number of hydrogen-bond acceptors (Lipinski definition) is 2. The van der Waals surface area contributed by atoms with Crippen LogP contribution in [0.1, 0.15) is 11.1 Å². The molecule has 0 nitrogen and oxygen atoms in total. The summed E-state index contributed by atoms with van der Waals surface area (Å²) in [6.45, 7) is 4.31. The van der Waals surface area contributed by atoms with Gasteiger partial charge in [0.1, 0.15) is 0 Å². The van der Waals surface area contributed by atoms with E-state index in [4.69, 9.17) is 0 Å². The number of rotatable bonds is 1. The summed E-state index contributed by atoms with van der Waals surface area (Å²) >= 11 is 10.6. The molecule has 0 aliphatic carbocycles. The lowest BCUT2D eigenvalue weighted by atomic mass is 10.2. The van der Waals surface area contributed by atoms with Crippen molar-refractivity contribution in [1.82, 2.24) is 0 Å². The monoisotopic (exact) mass is 350 g/mol. The van der Waals surface area contributed by atoms with E-state index in [9.17, 15) is 0 Å². The third kappa shape index (κ3) is 1.98. The molecular formula is C10H8Br2S2. The highest BCUT2D eigenvalue weighted by Gasteiger charge is 2.11. The minimum atomic E-state index is 1.20. The second-order valence-corrected chi connectivity index (χ2v) is 7.99. The predicted octanol–water partition coefficient (Wildman–Crippen LogP) is 5.62. The van der Waals surface area contributed by atoms with Crippen molar-refractivity contribution in [3.8, 4) is 9.75 Å². The molecular weight excluding hydrogens is 344 g/mol. The fourth-order valence-electron chi connectivity index (χ4n) is 1.34. The Kier molecular flexibility index (Phi) is 3.17. The molecule has 0 spiro atoms. The van der Waals surface area contributed by atoms with Crippen LogP contribution in [0.25, 0.3) is 9.75 Å². The molecule has 2 heterocycles. The number of hydrogen-bond donors (Lipinski definition) is 0. The van der Waals surface area contributed by atoms with Gasteiger partial charge >= 0.3 is 0 Å². The molecule has 74 valence electrons. The van der Waals surface area contributed by atoms with Crippen LogP contribution in [-0.2, 0) is 0 Å². The average molecular weight is 352 g/mol. The smallest absolute Gasteiger partial charge is 0.0708 e. The molecule has 2 rings (SSSR count). The molecule has 2 aromatic heterocycles. The molecule has 2 aromatic rings. The lowest BCUT2D eigenvalue weighted by molar-refractivity contribution is 1.51. The summed E-state index contributed by atoms with van der Waals surface area (Å²) in [7, 11) is 0. The normalized spacial score (nSPS) is 10.9. The molecule has 0 saturated carbocycles. The topological polar surface area (TPSA) is 0 Å². The van der Waals surface area contributed by atoms with Crippen LogP contribution in [0, 0.1) is 13.8 Å². The first-order valence-electron chi connectivity index (χ1n) is 4.10. The highest BCUT2D eigenvalue weighted by molar-refractivity contribution is 9.11. The molecule has 0 bridgehead atoms. The van der Waals surface area contributed by atoms with Gasteiger partial charge in [0.25, 0.3) is 0 Å². The van der Waals surface area contributed by atoms with E-state index in [1.54, 1.807) is 22.7 Å². The second-order valence-electron chi connectivity index (χ2n) is 3.13. The summed E-state index contributed by atoms with van der Waals surface area (Å²) in [5.74, 6) is 0. The van der Waals surface area contributed by atoms with Crippen LogP contribution in [0.4, 0.5) is 0 Å². The standard InChI is InChI=1S/C10H8Br2S2/c1-5-3-7(11)13-9(5)10-6(2)4-8(12)14-10/h3-4H,1-2H3. The molecule has 14 heavy (non-hydrogen) atoms. The second kappa shape index (κ2) is 4.08. The third-order valence-electron chi connectivity index (χ3n) is 1.98. The fourth-order valence-corrected chi connectivity index (χ4v) is 5.05. The zero-order valence-electron chi connectivity index (χ0n) is 7.73. The van der Waals surface area contributed by atoms with Gasteiger partial charge in [0, 0.05) is 9.75 Å². The van der Waals surface area contributed by atoms with Crippen LogP contribution in [0.5, 0.6) is 0 Å². The van der Waals surface area contributed by atoms with Crippen LogP contribution in [-0.4, -0.2) is 0 Å². The minimum absolute atomic E-state index is 1.20. The summed E-state index contributed by atoms with van der Waals surface area (Å²) in [5, 5.41) is 0. The molecule has 0 fully saturated rings. The first kappa shape index (κ1) is 10.9. The Balaban J connectivity index is 2.59. The van der Waals surface area contributed by atoms with Crippen LogP contribution in [0.2, 0.25) is 0 Å². The Labute approximate surface area is 108 Å². The van der Waals surface area contributed by atoms with Crippen molar-refractivity contribution in [2.75, 3.05) is 0 Å². The Morgan fingerprint density at radius 2 is 1.21 bits per heavy atom. The minimum Gasteiger partial charge on any atom is -0.127 e. The van der Waals surface area contributed by atoms with E-state index < -0.39 is 0 Å². The largest absolute Gasteiger partial charge is 0.127 e. The van der Waals surface area contributed by atoms with Gasteiger partial charge in [-0.15, -0.1) is 22.7 Å². The number of halogens is 2. The lowest BCUT2D eigenvalue weighted by Crippen LogP contribution is -1.72. The zero-order valence-corrected chi connectivity index (χ0v) is 12.5. The van der Waals surface area contributed by atoms with Gasteiger partial charge in [0.15, 0.2) is 0 Å². The van der Waals surface area contributed by atoms with Crippen LogP contribution < -0.4 is 0 Å². The van der Waals surface area contributed by atoms with Crippen LogP contribution in [0.3, 0.4) is 0 Å². The SMILES string of the molecule is Cc1cc(Br)sc1-c1sc(Br)cc1C. The molecule has 0 aliphatic heterocycles. The molecule has 0 unspecified atom stereocenters. The van der Waals surface area contributed by atoms with E-state index in [0.717, 1.165) is 0 Å². The van der Waals surface area contributed by atoms with Crippen molar-refractivity contribution in [3.05, 3.63) is 30.8 Å². The Bertz CT molecular complexity index is 424. The zero-order chi connectivity index (χ0) is 10.3. The Hall–Kier alpha value is 0.360. The predicted molar refractivity (Wildman–Crippen MR) is 72.5 cm³/mol. The molecule has 0 amide bonds. The van der Waals surface area contributed by atoms with E-state index in [2.05, 4.69) is 57.8 Å². The first-order valence-corrected chi connectivity index (χ1v) is 7.32. The van der Waals surface area contributed by atoms with Gasteiger partial charge in [-0.05, 0) is 69.0 Å². The van der Waals surface area contributed by atoms with E-state index in [1.165, 1.54) is 28.5 Å². The van der Waals surface area contributed by atoms with Crippen molar-refractivity contribution >= 4 is 54.5 Å². The van der Waals surface area contributed by atoms with Gasteiger partial charge in [-0.2, -0.15) is 0 Å². The molecule has 0 N–H and O–H groups in total. The van der Waals surface area contributed by atoms with Crippen molar-refractivity contribution in [2.24, 2.45) is 0 Å². The number of thiophene rings is 2. The molecule has 0 aromatic carbocycles. The molecule has 0 radical (unpaired) electrons. The van der Waals surface area contributed by atoms with Gasteiger partial charge in [-0.3, -0.25) is 0 Å². The van der Waals surface area contributed by atoms with Crippen molar-refractivity contribution in [3.63, 3.8) is 0 Å². The van der Waals surface area contributed by atoms with Crippen molar-refractivity contribution < 1.29 is 0 Å². The van der Waals surface area contributed by atoms with Gasteiger partial charge in [-0.1, -0.05) is 0 Å². The van der Waals surface area contributed by atoms with E-state index in [0.29, 0.717) is 0 Å².